The minimum atomic E-state index is 0.116. The van der Waals surface area contributed by atoms with Crippen molar-refractivity contribution in [1.29, 1.82) is 0 Å². The van der Waals surface area contributed by atoms with Crippen LogP contribution in [0, 0.1) is 0 Å². The summed E-state index contributed by atoms with van der Waals surface area (Å²) in [5, 5.41) is 2.84. The number of rotatable bonds is 2. The molecule has 0 radical (unpaired) electrons. The molecule has 0 spiro atoms. The summed E-state index contributed by atoms with van der Waals surface area (Å²) in [4.78, 5) is 1.57. The van der Waals surface area contributed by atoms with Gasteiger partial charge in [0.2, 0.25) is 0 Å². The first-order valence-corrected chi connectivity index (χ1v) is 16.3. The molecule has 5 aromatic rings. The number of fused-ring (bicyclic) bond motifs is 10. The second-order valence-electron chi connectivity index (χ2n) is 13.2. The molecule has 0 amide bonds. The van der Waals surface area contributed by atoms with Gasteiger partial charge in [-0.15, -0.1) is 11.3 Å². The van der Waals surface area contributed by atoms with Crippen LogP contribution in [0.4, 0.5) is 0 Å². The Balaban J connectivity index is 1.21. The Morgan fingerprint density at radius 2 is 1.74 bits per heavy atom. The van der Waals surface area contributed by atoms with Crippen molar-refractivity contribution >= 4 is 50.1 Å². The van der Waals surface area contributed by atoms with Gasteiger partial charge in [-0.1, -0.05) is 92.8 Å². The Kier molecular flexibility index (Phi) is 5.18. The summed E-state index contributed by atoms with van der Waals surface area (Å²) in [6.07, 6.45) is 17.7. The molecule has 0 fully saturated rings. The highest BCUT2D eigenvalue weighted by Gasteiger charge is 2.48. The van der Waals surface area contributed by atoms with Crippen LogP contribution >= 0.6 is 11.3 Å². The highest BCUT2D eigenvalue weighted by molar-refractivity contribution is 7.19. The summed E-state index contributed by atoms with van der Waals surface area (Å²) >= 11 is 2.03. The summed E-state index contributed by atoms with van der Waals surface area (Å²) in [5.74, 6) is 0.960. The van der Waals surface area contributed by atoms with Gasteiger partial charge in [-0.25, -0.2) is 0 Å². The molecule has 1 nitrogen and oxygen atoms in total. The van der Waals surface area contributed by atoms with Crippen molar-refractivity contribution in [2.24, 2.45) is 0 Å². The number of benzene rings is 3. The highest BCUT2D eigenvalue weighted by atomic mass is 32.1. The molecule has 3 aromatic carbocycles. The van der Waals surface area contributed by atoms with Crippen LogP contribution in [-0.2, 0) is 11.8 Å². The molecule has 0 bridgehead atoms. The maximum Gasteiger partial charge on any atom is 0.0634 e. The van der Waals surface area contributed by atoms with Crippen molar-refractivity contribution in [2.45, 2.75) is 63.3 Å². The molecule has 2 heteroatoms. The summed E-state index contributed by atoms with van der Waals surface area (Å²) in [6.45, 7) is 7.22. The second kappa shape index (κ2) is 8.82. The molecule has 0 aliphatic heterocycles. The lowest BCUT2D eigenvalue weighted by molar-refractivity contribution is 0.430. The Labute approximate surface area is 252 Å². The van der Waals surface area contributed by atoms with Gasteiger partial charge in [0.05, 0.1) is 6.04 Å². The average Bonchev–Trinajstić information content (AvgIpc) is 3.63. The van der Waals surface area contributed by atoms with Crippen LogP contribution < -0.4 is 0 Å². The number of aryl methyl sites for hydroxylation is 1. The van der Waals surface area contributed by atoms with Gasteiger partial charge in [0.1, 0.15) is 0 Å². The number of para-hydroxylation sites is 1. The zero-order valence-electron chi connectivity index (χ0n) is 24.5. The molecule has 0 saturated heterocycles. The quantitative estimate of drug-likeness (QED) is 0.202. The largest absolute Gasteiger partial charge is 0.333 e. The maximum atomic E-state index is 2.65. The number of hydrogen-bond donors (Lipinski definition) is 0. The van der Waals surface area contributed by atoms with Gasteiger partial charge in [0.15, 0.2) is 0 Å². The van der Waals surface area contributed by atoms with E-state index in [-0.39, 0.29) is 11.5 Å². The van der Waals surface area contributed by atoms with Crippen LogP contribution in [0.1, 0.15) is 89.9 Å². The second-order valence-corrected chi connectivity index (χ2v) is 14.3. The lowest BCUT2D eigenvalue weighted by Gasteiger charge is -2.32. The van der Waals surface area contributed by atoms with Crippen LogP contribution in [0.3, 0.4) is 0 Å². The number of nitrogens with zero attached hydrogens (tertiary/aromatic N) is 1. The van der Waals surface area contributed by atoms with E-state index in [9.17, 15) is 0 Å². The van der Waals surface area contributed by atoms with E-state index < -0.39 is 0 Å². The van der Waals surface area contributed by atoms with Crippen LogP contribution in [-0.4, -0.2) is 4.57 Å². The third-order valence-electron chi connectivity index (χ3n) is 10.7. The molecular formula is C40H35NS. The van der Waals surface area contributed by atoms with E-state index in [0.29, 0.717) is 11.8 Å². The zero-order chi connectivity index (χ0) is 28.2. The molecule has 4 aliphatic rings. The number of thiophene rings is 1. The summed E-state index contributed by atoms with van der Waals surface area (Å²) < 4.78 is 4.06. The van der Waals surface area contributed by atoms with Gasteiger partial charge >= 0.3 is 0 Å². The highest BCUT2D eigenvalue weighted by Crippen LogP contribution is 2.61. The lowest BCUT2D eigenvalue weighted by atomic mass is 9.72. The smallest absolute Gasteiger partial charge is 0.0634 e. The molecule has 2 aromatic heterocycles. The van der Waals surface area contributed by atoms with Crippen molar-refractivity contribution in [3.05, 3.63) is 135 Å². The monoisotopic (exact) mass is 561 g/mol. The summed E-state index contributed by atoms with van der Waals surface area (Å²) in [7, 11) is 0. The number of allylic oxidation sites excluding steroid dienone is 6. The molecule has 9 rings (SSSR count). The van der Waals surface area contributed by atoms with Crippen molar-refractivity contribution in [3.8, 4) is 0 Å². The SMILES string of the molecule is CC1=C(c2ccc3sc4c(c3c2)C=CC2c3ccccc3C(C)(C)C42)C(n2c3c(c4ccccc42)CCC=C3)CC=C1. The Bertz CT molecular complexity index is 2070. The molecule has 42 heavy (non-hydrogen) atoms. The standard InChI is InChI=1S/C40H35NS/c1-24-11-10-18-35(41-33-16-8-5-13-27(33)28-14-6-9-17-34(28)41)37(24)25-19-22-36-31(23-25)30-21-20-29-26-12-4-7-15-32(26)40(2,3)38(29)39(30)42-36/h4-5,7-13,15-17,19-23,29,35,38H,6,14,18H2,1-3H3. The Morgan fingerprint density at radius 3 is 2.67 bits per heavy atom. The lowest BCUT2D eigenvalue weighted by Crippen LogP contribution is -2.24. The fraction of sp³-hybridized carbons (Fsp3) is 0.250. The summed E-state index contributed by atoms with van der Waals surface area (Å²) in [5.41, 5.74) is 13.1. The van der Waals surface area contributed by atoms with Crippen molar-refractivity contribution in [3.63, 3.8) is 0 Å². The Hall–Kier alpha value is -3.88. The predicted molar refractivity (Wildman–Crippen MR) is 180 cm³/mol. The van der Waals surface area contributed by atoms with Crippen LogP contribution in [0.25, 0.3) is 38.7 Å². The first kappa shape index (κ1) is 24.7. The van der Waals surface area contributed by atoms with Crippen molar-refractivity contribution in [1.82, 2.24) is 4.57 Å². The van der Waals surface area contributed by atoms with Gasteiger partial charge in [-0.3, -0.25) is 0 Å². The van der Waals surface area contributed by atoms with E-state index in [0.717, 1.165) is 19.3 Å². The van der Waals surface area contributed by atoms with Crippen molar-refractivity contribution < 1.29 is 0 Å². The molecule has 4 aliphatic carbocycles. The van der Waals surface area contributed by atoms with Crippen LogP contribution in [0.15, 0.2) is 96.6 Å². The van der Waals surface area contributed by atoms with Gasteiger partial charge < -0.3 is 4.57 Å². The molecule has 2 heterocycles. The Morgan fingerprint density at radius 1 is 0.881 bits per heavy atom. The third kappa shape index (κ3) is 3.25. The molecule has 206 valence electrons. The minimum Gasteiger partial charge on any atom is -0.333 e. The fourth-order valence-corrected chi connectivity index (χ4v) is 10.3. The van der Waals surface area contributed by atoms with E-state index in [1.807, 2.05) is 11.3 Å². The summed E-state index contributed by atoms with van der Waals surface area (Å²) in [6, 6.07) is 25.8. The van der Waals surface area contributed by atoms with E-state index in [1.54, 1.807) is 4.88 Å². The molecule has 0 N–H and O–H groups in total. The first-order chi connectivity index (χ1) is 20.5. The van der Waals surface area contributed by atoms with Crippen LogP contribution in [0.2, 0.25) is 0 Å². The molecule has 0 saturated carbocycles. The van der Waals surface area contributed by atoms with Gasteiger partial charge in [-0.2, -0.15) is 0 Å². The first-order valence-electron chi connectivity index (χ1n) is 15.5. The van der Waals surface area contributed by atoms with E-state index in [1.165, 1.54) is 65.6 Å². The third-order valence-corrected chi connectivity index (χ3v) is 11.9. The topological polar surface area (TPSA) is 4.93 Å². The maximum absolute atomic E-state index is 2.65. The minimum absolute atomic E-state index is 0.116. The number of aromatic nitrogens is 1. The van der Waals surface area contributed by atoms with Gasteiger partial charge in [-0.05, 0) is 94.8 Å². The van der Waals surface area contributed by atoms with Crippen molar-refractivity contribution in [2.75, 3.05) is 0 Å². The van der Waals surface area contributed by atoms with Gasteiger partial charge in [0, 0.05) is 43.4 Å². The van der Waals surface area contributed by atoms with Gasteiger partial charge in [0.25, 0.3) is 0 Å². The molecule has 3 unspecified atom stereocenters. The molecular weight excluding hydrogens is 527 g/mol. The molecule has 3 atom stereocenters. The van der Waals surface area contributed by atoms with E-state index >= 15 is 0 Å². The zero-order valence-corrected chi connectivity index (χ0v) is 25.3. The van der Waals surface area contributed by atoms with Crippen LogP contribution in [0.5, 0.6) is 0 Å². The normalized spacial score (nSPS) is 23.4. The van der Waals surface area contributed by atoms with E-state index in [4.69, 9.17) is 0 Å². The number of hydrogen-bond acceptors (Lipinski definition) is 1. The van der Waals surface area contributed by atoms with E-state index in [2.05, 4.69) is 129 Å². The predicted octanol–water partition coefficient (Wildman–Crippen LogP) is 11.0. The average molecular weight is 562 g/mol. The fourth-order valence-electron chi connectivity index (χ4n) is 8.83.